The number of carbonyl (C=O) groups is 1. The van der Waals surface area contributed by atoms with Gasteiger partial charge in [0.05, 0.1) is 23.6 Å². The van der Waals surface area contributed by atoms with E-state index in [2.05, 4.69) is 15.6 Å². The third-order valence-electron chi connectivity index (χ3n) is 4.32. The molecule has 0 N–H and O–H groups in total. The van der Waals surface area contributed by atoms with Gasteiger partial charge in [-0.25, -0.2) is 4.98 Å². The number of imidazole rings is 1. The summed E-state index contributed by atoms with van der Waals surface area (Å²) >= 11 is 1.63. The van der Waals surface area contributed by atoms with Gasteiger partial charge in [0.2, 0.25) is 0 Å². The fourth-order valence-electron chi connectivity index (χ4n) is 3.27. The van der Waals surface area contributed by atoms with E-state index in [9.17, 15) is 4.79 Å². The average Bonchev–Trinajstić information content (AvgIpc) is 3.30. The Morgan fingerprint density at radius 2 is 2.20 bits per heavy atom. The molecule has 25 heavy (non-hydrogen) atoms. The van der Waals surface area contributed by atoms with Crippen molar-refractivity contribution in [3.63, 3.8) is 0 Å². The first-order valence-corrected chi connectivity index (χ1v) is 9.37. The largest absolute Gasteiger partial charge is 0.466 e. The first-order valence-electron chi connectivity index (χ1n) is 8.49. The Morgan fingerprint density at radius 1 is 1.36 bits per heavy atom. The smallest absolute Gasteiger partial charge is 0.310 e. The van der Waals surface area contributed by atoms with Crippen molar-refractivity contribution in [1.82, 2.24) is 14.5 Å². The summed E-state index contributed by atoms with van der Waals surface area (Å²) in [5.41, 5.74) is 4.26. The lowest BCUT2D eigenvalue weighted by atomic mass is 10.1. The Morgan fingerprint density at radius 3 is 3.00 bits per heavy atom. The highest BCUT2D eigenvalue weighted by atomic mass is 32.1. The molecule has 0 spiro atoms. The number of pyridine rings is 1. The van der Waals surface area contributed by atoms with Crippen LogP contribution in [0.1, 0.15) is 24.7 Å². The van der Waals surface area contributed by atoms with Gasteiger partial charge in [0.25, 0.3) is 0 Å². The molecule has 3 aromatic heterocycles. The molecule has 0 unspecified atom stereocenters. The van der Waals surface area contributed by atoms with Crippen molar-refractivity contribution in [3.05, 3.63) is 47.4 Å². The van der Waals surface area contributed by atoms with Gasteiger partial charge in [0.15, 0.2) is 0 Å². The molecule has 5 nitrogen and oxygen atoms in total. The van der Waals surface area contributed by atoms with E-state index in [1.165, 1.54) is 0 Å². The summed E-state index contributed by atoms with van der Waals surface area (Å²) in [6.45, 7) is 3.24. The molecule has 0 saturated heterocycles. The molecule has 6 heteroatoms. The molecule has 0 saturated carbocycles. The molecule has 0 fully saturated rings. The predicted octanol–water partition coefficient (Wildman–Crippen LogP) is 3.73. The van der Waals surface area contributed by atoms with Crippen molar-refractivity contribution >= 4 is 17.3 Å². The average molecular weight is 353 g/mol. The summed E-state index contributed by atoms with van der Waals surface area (Å²) in [6.07, 6.45) is 6.09. The normalized spacial score (nSPS) is 13.0. The minimum absolute atomic E-state index is 0.187. The van der Waals surface area contributed by atoms with Crippen molar-refractivity contribution in [2.75, 3.05) is 6.61 Å². The summed E-state index contributed by atoms with van der Waals surface area (Å²) in [6, 6.07) is 6.11. The van der Waals surface area contributed by atoms with Crippen LogP contribution >= 0.6 is 11.3 Å². The first-order chi connectivity index (χ1) is 12.3. The molecule has 4 rings (SSSR count). The molecule has 0 atom stereocenters. The second-order valence-electron chi connectivity index (χ2n) is 6.02. The van der Waals surface area contributed by atoms with E-state index >= 15 is 0 Å². The summed E-state index contributed by atoms with van der Waals surface area (Å²) in [5, 5.41) is 2.02. The number of rotatable bonds is 5. The summed E-state index contributed by atoms with van der Waals surface area (Å²) in [7, 11) is 0. The Hall–Kier alpha value is -2.47. The van der Waals surface area contributed by atoms with Gasteiger partial charge in [-0.1, -0.05) is 0 Å². The first kappa shape index (κ1) is 16.0. The molecular formula is C19H19N3O2S. The van der Waals surface area contributed by atoms with Gasteiger partial charge in [-0.3, -0.25) is 9.78 Å². The molecule has 0 aromatic carbocycles. The molecule has 0 amide bonds. The molecule has 0 aliphatic carbocycles. The molecular weight excluding hydrogens is 334 g/mol. The summed E-state index contributed by atoms with van der Waals surface area (Å²) in [5.74, 6) is 0.954. The van der Waals surface area contributed by atoms with E-state index in [1.807, 2.05) is 36.8 Å². The Bertz CT molecular complexity index is 899. The second-order valence-corrected chi connectivity index (χ2v) is 6.93. The zero-order valence-corrected chi connectivity index (χ0v) is 14.9. The zero-order chi connectivity index (χ0) is 17.2. The number of aryl methyl sites for hydroxylation is 1. The second kappa shape index (κ2) is 6.80. The molecule has 128 valence electrons. The highest BCUT2D eigenvalue weighted by Gasteiger charge is 2.24. The maximum Gasteiger partial charge on any atom is 0.310 e. The molecule has 1 aliphatic rings. The van der Waals surface area contributed by atoms with Gasteiger partial charge >= 0.3 is 5.97 Å². The molecule has 1 aliphatic heterocycles. The highest BCUT2D eigenvalue weighted by Crippen LogP contribution is 2.38. The van der Waals surface area contributed by atoms with Crippen LogP contribution in [-0.2, 0) is 28.9 Å². The number of aromatic nitrogens is 3. The van der Waals surface area contributed by atoms with Crippen molar-refractivity contribution in [2.45, 2.75) is 32.7 Å². The van der Waals surface area contributed by atoms with Gasteiger partial charge in [-0.05, 0) is 42.5 Å². The van der Waals surface area contributed by atoms with Crippen molar-refractivity contribution in [1.29, 1.82) is 0 Å². The fraction of sp³-hybridized carbons (Fsp3) is 0.316. The lowest BCUT2D eigenvalue weighted by Gasteiger charge is -2.07. The number of esters is 1. The predicted molar refractivity (Wildman–Crippen MR) is 97.4 cm³/mol. The van der Waals surface area contributed by atoms with Crippen LogP contribution in [-0.4, -0.2) is 27.1 Å². The van der Waals surface area contributed by atoms with Gasteiger partial charge in [-0.2, -0.15) is 0 Å². The van der Waals surface area contributed by atoms with Crippen LogP contribution in [0.25, 0.3) is 21.8 Å². The van der Waals surface area contributed by atoms with E-state index in [1.54, 1.807) is 11.3 Å². The van der Waals surface area contributed by atoms with E-state index in [0.717, 1.165) is 52.6 Å². The number of carbonyl (C=O) groups excluding carboxylic acids is 1. The number of nitrogens with zero attached hydrogens (tertiary/aromatic N) is 3. The highest BCUT2D eigenvalue weighted by molar-refractivity contribution is 7.13. The van der Waals surface area contributed by atoms with E-state index in [0.29, 0.717) is 13.0 Å². The summed E-state index contributed by atoms with van der Waals surface area (Å²) in [4.78, 5) is 21.8. The lowest BCUT2D eigenvalue weighted by molar-refractivity contribution is -0.142. The minimum atomic E-state index is -0.187. The lowest BCUT2D eigenvalue weighted by Crippen LogP contribution is -2.06. The van der Waals surface area contributed by atoms with Crippen molar-refractivity contribution < 1.29 is 9.53 Å². The molecule has 3 aromatic rings. The van der Waals surface area contributed by atoms with Crippen LogP contribution in [0.3, 0.4) is 0 Å². The van der Waals surface area contributed by atoms with Crippen LogP contribution in [0.2, 0.25) is 0 Å². The van der Waals surface area contributed by atoms with Crippen LogP contribution in [0, 0.1) is 0 Å². The Balaban J connectivity index is 1.72. The SMILES string of the molecule is CCOC(=O)Cc1csc(-c2nc3n(c2-c2ccncc2)CCC3)c1. The van der Waals surface area contributed by atoms with Crippen molar-refractivity contribution in [2.24, 2.45) is 0 Å². The van der Waals surface area contributed by atoms with E-state index in [4.69, 9.17) is 9.72 Å². The Kier molecular flexibility index (Phi) is 4.36. The number of thiophene rings is 1. The standard InChI is InChI=1S/C19H19N3O2S/c1-2-24-17(23)11-13-10-15(25-12-13)18-19(14-5-7-20-8-6-14)22-9-3-4-16(22)21-18/h5-8,10,12H,2-4,9,11H2,1H3. The van der Waals surface area contributed by atoms with E-state index < -0.39 is 0 Å². The van der Waals surface area contributed by atoms with Crippen LogP contribution < -0.4 is 0 Å². The molecule has 0 bridgehead atoms. The van der Waals surface area contributed by atoms with E-state index in [-0.39, 0.29) is 5.97 Å². The maximum absolute atomic E-state index is 11.7. The quantitative estimate of drug-likeness (QED) is 0.656. The maximum atomic E-state index is 11.7. The van der Waals surface area contributed by atoms with Gasteiger partial charge in [-0.15, -0.1) is 11.3 Å². The monoisotopic (exact) mass is 353 g/mol. The third-order valence-corrected chi connectivity index (χ3v) is 5.31. The van der Waals surface area contributed by atoms with Crippen molar-refractivity contribution in [3.8, 4) is 21.8 Å². The topological polar surface area (TPSA) is 57.0 Å². The number of hydrogen-bond acceptors (Lipinski definition) is 5. The van der Waals surface area contributed by atoms with Gasteiger partial charge in [0.1, 0.15) is 11.5 Å². The van der Waals surface area contributed by atoms with Crippen LogP contribution in [0.15, 0.2) is 36.0 Å². The molecule has 0 radical (unpaired) electrons. The zero-order valence-electron chi connectivity index (χ0n) is 14.1. The van der Waals surface area contributed by atoms with Crippen LogP contribution in [0.5, 0.6) is 0 Å². The number of ether oxygens (including phenoxy) is 1. The number of hydrogen-bond donors (Lipinski definition) is 0. The Labute approximate surface area is 150 Å². The minimum Gasteiger partial charge on any atom is -0.466 e. The van der Waals surface area contributed by atoms with Gasteiger partial charge < -0.3 is 9.30 Å². The fourth-order valence-corrected chi connectivity index (χ4v) is 4.17. The van der Waals surface area contributed by atoms with Gasteiger partial charge in [0, 0.05) is 30.9 Å². The molecule has 4 heterocycles. The van der Waals surface area contributed by atoms with Crippen LogP contribution in [0.4, 0.5) is 0 Å². The number of fused-ring (bicyclic) bond motifs is 1. The summed E-state index contributed by atoms with van der Waals surface area (Å²) < 4.78 is 7.36. The third kappa shape index (κ3) is 3.09.